The van der Waals surface area contributed by atoms with Crippen molar-refractivity contribution in [2.24, 2.45) is 7.05 Å². The maximum absolute atomic E-state index is 12.1. The Balaban J connectivity index is 1.46. The van der Waals surface area contributed by atoms with Gasteiger partial charge in [0.25, 0.3) is 0 Å². The summed E-state index contributed by atoms with van der Waals surface area (Å²) in [7, 11) is 1.91. The Morgan fingerprint density at radius 2 is 2.30 bits per heavy atom. The number of nitrogens with one attached hydrogen (secondary N) is 2. The first-order valence-electron chi connectivity index (χ1n) is 7.72. The van der Waals surface area contributed by atoms with E-state index in [1.165, 1.54) is 0 Å². The summed E-state index contributed by atoms with van der Waals surface area (Å²) < 4.78 is 1.79. The fourth-order valence-corrected chi connectivity index (χ4v) is 3.70. The molecule has 0 saturated carbocycles. The molecule has 3 rings (SSSR count). The number of rotatable bonds is 4. The molecule has 1 fully saturated rings. The van der Waals surface area contributed by atoms with Gasteiger partial charge in [0.1, 0.15) is 0 Å². The van der Waals surface area contributed by atoms with Crippen molar-refractivity contribution in [3.05, 3.63) is 28.0 Å². The average molecular weight is 334 g/mol. The number of nitrogens with zero attached hydrogens (tertiary/aromatic N) is 4. The molecule has 1 aliphatic rings. The number of carbonyl (C=O) groups is 1. The van der Waals surface area contributed by atoms with Crippen LogP contribution in [0.5, 0.6) is 0 Å². The minimum atomic E-state index is -0.117. The van der Waals surface area contributed by atoms with Gasteiger partial charge in [-0.05, 0) is 20.3 Å². The highest BCUT2D eigenvalue weighted by Crippen LogP contribution is 2.19. The Morgan fingerprint density at radius 3 is 2.96 bits per heavy atom. The minimum absolute atomic E-state index is 0.117. The van der Waals surface area contributed by atoms with Crippen molar-refractivity contribution in [2.45, 2.75) is 32.9 Å². The molecule has 23 heavy (non-hydrogen) atoms. The third kappa shape index (κ3) is 3.82. The smallest absolute Gasteiger partial charge is 0.315 e. The number of hydrogen-bond donors (Lipinski definition) is 2. The summed E-state index contributed by atoms with van der Waals surface area (Å²) >= 11 is 1.63. The van der Waals surface area contributed by atoms with Crippen LogP contribution in [0.4, 0.5) is 10.5 Å². The van der Waals surface area contributed by atoms with Crippen LogP contribution in [0.2, 0.25) is 0 Å². The van der Waals surface area contributed by atoms with E-state index in [-0.39, 0.29) is 12.1 Å². The first-order chi connectivity index (χ1) is 11.0. The highest BCUT2D eigenvalue weighted by Gasteiger charge is 2.24. The van der Waals surface area contributed by atoms with Crippen LogP contribution in [0.25, 0.3) is 0 Å². The number of anilines is 1. The lowest BCUT2D eigenvalue weighted by atomic mass is 10.3. The van der Waals surface area contributed by atoms with E-state index >= 15 is 0 Å². The van der Waals surface area contributed by atoms with E-state index in [2.05, 4.69) is 25.6 Å². The van der Waals surface area contributed by atoms with Crippen molar-refractivity contribution in [3.63, 3.8) is 0 Å². The second kappa shape index (κ2) is 6.57. The maximum Gasteiger partial charge on any atom is 0.315 e. The number of carbonyl (C=O) groups excluding carboxylic acids is 1. The maximum atomic E-state index is 12.1. The van der Waals surface area contributed by atoms with Crippen molar-refractivity contribution < 1.29 is 4.79 Å². The molecule has 2 aromatic heterocycles. The molecule has 0 radical (unpaired) electrons. The Labute approximate surface area is 139 Å². The highest BCUT2D eigenvalue weighted by molar-refractivity contribution is 7.11. The Bertz CT molecular complexity index is 694. The van der Waals surface area contributed by atoms with Crippen LogP contribution in [0.15, 0.2) is 12.4 Å². The zero-order chi connectivity index (χ0) is 16.4. The van der Waals surface area contributed by atoms with Crippen LogP contribution in [0.3, 0.4) is 0 Å². The topological polar surface area (TPSA) is 75.1 Å². The molecule has 0 aromatic carbocycles. The third-order valence-corrected chi connectivity index (χ3v) is 5.06. The summed E-state index contributed by atoms with van der Waals surface area (Å²) in [6, 6.07) is 0.0491. The Kier molecular flexibility index (Phi) is 4.51. The second-order valence-electron chi connectivity index (χ2n) is 5.87. The van der Waals surface area contributed by atoms with E-state index in [1.807, 2.05) is 33.3 Å². The van der Waals surface area contributed by atoms with Gasteiger partial charge in [0.15, 0.2) is 0 Å². The van der Waals surface area contributed by atoms with Gasteiger partial charge in [-0.25, -0.2) is 9.78 Å². The lowest BCUT2D eigenvalue weighted by Crippen LogP contribution is -2.43. The van der Waals surface area contributed by atoms with Crippen LogP contribution in [0.1, 0.15) is 22.0 Å². The molecule has 7 nitrogen and oxygen atoms in total. The molecular formula is C15H22N6OS. The molecule has 0 aliphatic carbocycles. The molecule has 8 heteroatoms. The van der Waals surface area contributed by atoms with E-state index in [1.54, 1.807) is 16.0 Å². The van der Waals surface area contributed by atoms with E-state index in [0.717, 1.165) is 40.8 Å². The Hall–Kier alpha value is -2.09. The fourth-order valence-electron chi connectivity index (χ4n) is 2.82. The van der Waals surface area contributed by atoms with Crippen LogP contribution in [-0.2, 0) is 13.6 Å². The van der Waals surface area contributed by atoms with E-state index in [4.69, 9.17) is 0 Å². The predicted octanol–water partition coefficient (Wildman–Crippen LogP) is 1.57. The predicted molar refractivity (Wildman–Crippen MR) is 90.8 cm³/mol. The van der Waals surface area contributed by atoms with Crippen LogP contribution >= 0.6 is 11.3 Å². The molecule has 0 bridgehead atoms. The molecule has 0 unspecified atom stereocenters. The highest BCUT2D eigenvalue weighted by atomic mass is 32.1. The van der Waals surface area contributed by atoms with Gasteiger partial charge < -0.3 is 15.5 Å². The van der Waals surface area contributed by atoms with Crippen molar-refractivity contribution in [2.75, 3.05) is 18.0 Å². The minimum Gasteiger partial charge on any atom is -0.367 e. The largest absolute Gasteiger partial charge is 0.367 e. The molecule has 3 heterocycles. The van der Waals surface area contributed by atoms with Gasteiger partial charge >= 0.3 is 6.03 Å². The molecule has 1 atom stereocenters. The quantitative estimate of drug-likeness (QED) is 0.890. The standard InChI is InChI=1S/C15H22N6OS/c1-10-14(23-11(2)18-10)7-16-15(22)19-12-4-5-21(8-12)13-6-17-20(3)9-13/h6,9,12H,4-5,7-8H2,1-3H3,(H2,16,19,22)/t12-/m0/s1. The van der Waals surface area contributed by atoms with E-state index in [9.17, 15) is 4.79 Å². The van der Waals surface area contributed by atoms with Crippen LogP contribution in [0, 0.1) is 13.8 Å². The summed E-state index contributed by atoms with van der Waals surface area (Å²) in [5.41, 5.74) is 2.10. The summed E-state index contributed by atoms with van der Waals surface area (Å²) in [4.78, 5) is 19.8. The SMILES string of the molecule is Cc1nc(C)c(CNC(=O)N[C@H]2CCN(c3cnn(C)c3)C2)s1. The van der Waals surface area contributed by atoms with Crippen LogP contribution in [-0.4, -0.2) is 39.9 Å². The fraction of sp³-hybridized carbons (Fsp3) is 0.533. The zero-order valence-corrected chi connectivity index (χ0v) is 14.5. The molecule has 2 N–H and O–H groups in total. The molecule has 1 aliphatic heterocycles. The summed E-state index contributed by atoms with van der Waals surface area (Å²) in [5, 5.41) is 11.2. The second-order valence-corrected chi connectivity index (χ2v) is 7.16. The molecule has 0 spiro atoms. The van der Waals surface area contributed by atoms with Crippen molar-refractivity contribution in [3.8, 4) is 0 Å². The molecule has 2 amide bonds. The first-order valence-corrected chi connectivity index (χ1v) is 8.54. The van der Waals surface area contributed by atoms with Crippen molar-refractivity contribution in [1.82, 2.24) is 25.4 Å². The number of amides is 2. The summed E-state index contributed by atoms with van der Waals surface area (Å²) in [6.07, 6.45) is 4.80. The summed E-state index contributed by atoms with van der Waals surface area (Å²) in [5.74, 6) is 0. The van der Waals surface area contributed by atoms with Gasteiger partial charge in [0.2, 0.25) is 0 Å². The normalized spacial score (nSPS) is 17.5. The van der Waals surface area contributed by atoms with Crippen molar-refractivity contribution >= 4 is 23.1 Å². The van der Waals surface area contributed by atoms with Crippen molar-refractivity contribution in [1.29, 1.82) is 0 Å². The number of thiazole rings is 1. The third-order valence-electron chi connectivity index (χ3n) is 3.99. The van der Waals surface area contributed by atoms with E-state index < -0.39 is 0 Å². The zero-order valence-electron chi connectivity index (χ0n) is 13.7. The van der Waals surface area contributed by atoms with Gasteiger partial charge in [-0.15, -0.1) is 11.3 Å². The van der Waals surface area contributed by atoms with Gasteiger partial charge in [-0.3, -0.25) is 4.68 Å². The monoisotopic (exact) mass is 334 g/mol. The Morgan fingerprint density at radius 1 is 1.48 bits per heavy atom. The first kappa shape index (κ1) is 15.8. The van der Waals surface area contributed by atoms with Gasteiger partial charge in [-0.2, -0.15) is 5.10 Å². The number of urea groups is 1. The molecular weight excluding hydrogens is 312 g/mol. The number of aryl methyl sites for hydroxylation is 3. The van der Waals surface area contributed by atoms with Gasteiger partial charge in [-0.1, -0.05) is 0 Å². The average Bonchev–Trinajstić information content (AvgIpc) is 3.18. The van der Waals surface area contributed by atoms with Gasteiger partial charge in [0.05, 0.1) is 29.1 Å². The molecule has 2 aromatic rings. The van der Waals surface area contributed by atoms with E-state index in [0.29, 0.717) is 6.54 Å². The van der Waals surface area contributed by atoms with Crippen LogP contribution < -0.4 is 15.5 Å². The summed E-state index contributed by atoms with van der Waals surface area (Å²) in [6.45, 7) is 6.23. The molecule has 124 valence electrons. The lowest BCUT2D eigenvalue weighted by molar-refractivity contribution is 0.237. The number of aromatic nitrogens is 3. The van der Waals surface area contributed by atoms with Gasteiger partial charge in [0, 0.05) is 37.3 Å². The lowest BCUT2D eigenvalue weighted by Gasteiger charge is -2.17. The number of hydrogen-bond acceptors (Lipinski definition) is 5. The molecule has 1 saturated heterocycles.